The van der Waals surface area contributed by atoms with Crippen LogP contribution in [0.2, 0.25) is 0 Å². The molecule has 1 amide bonds. The van der Waals surface area contributed by atoms with E-state index >= 15 is 0 Å². The molecular formula is C15H23N3O2. The number of hydrogen-bond acceptors (Lipinski definition) is 4. The molecule has 5 heteroatoms. The Hall–Kier alpha value is -1.91. The van der Waals surface area contributed by atoms with Crippen molar-refractivity contribution in [3.05, 3.63) is 24.3 Å². The lowest BCUT2D eigenvalue weighted by Gasteiger charge is -2.24. The van der Waals surface area contributed by atoms with Gasteiger partial charge in [-0.1, -0.05) is 6.07 Å². The van der Waals surface area contributed by atoms with E-state index in [2.05, 4.69) is 5.32 Å². The Kier molecular flexibility index (Phi) is 4.06. The lowest BCUT2D eigenvalue weighted by Crippen LogP contribution is -2.36. The van der Waals surface area contributed by atoms with Gasteiger partial charge in [0.05, 0.1) is 0 Å². The first-order valence-electron chi connectivity index (χ1n) is 6.93. The molecule has 1 aromatic rings. The summed E-state index contributed by atoms with van der Waals surface area (Å²) in [6, 6.07) is 7.89. The van der Waals surface area contributed by atoms with E-state index in [4.69, 9.17) is 10.5 Å². The minimum absolute atomic E-state index is 0.240. The summed E-state index contributed by atoms with van der Waals surface area (Å²) < 4.78 is 5.38. The highest BCUT2D eigenvalue weighted by Crippen LogP contribution is 2.19. The van der Waals surface area contributed by atoms with Gasteiger partial charge in [-0.3, -0.25) is 0 Å². The van der Waals surface area contributed by atoms with E-state index < -0.39 is 5.60 Å². The summed E-state index contributed by atoms with van der Waals surface area (Å²) in [6.07, 6.45) is 0.669. The Labute approximate surface area is 120 Å². The van der Waals surface area contributed by atoms with Gasteiger partial charge in [-0.2, -0.15) is 0 Å². The van der Waals surface area contributed by atoms with E-state index in [9.17, 15) is 4.79 Å². The smallest absolute Gasteiger partial charge is 0.410 e. The number of nitrogens with two attached hydrogens (primary N) is 1. The second-order valence-electron chi connectivity index (χ2n) is 6.18. The number of hydrogen-bond donors (Lipinski definition) is 2. The number of amides is 1. The fourth-order valence-corrected chi connectivity index (χ4v) is 2.23. The van der Waals surface area contributed by atoms with Crippen molar-refractivity contribution in [3.8, 4) is 0 Å². The first-order valence-corrected chi connectivity index (χ1v) is 6.93. The number of rotatable bonds is 2. The molecule has 1 aliphatic heterocycles. The molecule has 0 aromatic heterocycles. The van der Waals surface area contributed by atoms with E-state index in [1.165, 1.54) is 0 Å². The number of benzene rings is 1. The highest BCUT2D eigenvalue weighted by molar-refractivity contribution is 5.68. The van der Waals surface area contributed by atoms with Gasteiger partial charge in [-0.25, -0.2) is 4.79 Å². The first kappa shape index (κ1) is 14.5. The number of carbonyl (C=O) groups is 1. The standard InChI is InChI=1S/C15H23N3O2/c1-15(2,3)20-14(19)18-8-7-13(10-18)17-12-6-4-5-11(16)9-12/h4-6,9,13,17H,7-8,10,16H2,1-3H3/t13-/m1/s1. The molecule has 2 rings (SSSR count). The second kappa shape index (κ2) is 5.61. The summed E-state index contributed by atoms with van der Waals surface area (Å²) in [5, 5.41) is 3.40. The predicted octanol–water partition coefficient (Wildman–Crippen LogP) is 2.69. The van der Waals surface area contributed by atoms with E-state index in [1.807, 2.05) is 45.0 Å². The van der Waals surface area contributed by atoms with Crippen molar-refractivity contribution in [2.24, 2.45) is 0 Å². The van der Waals surface area contributed by atoms with Crippen LogP contribution in [0.5, 0.6) is 0 Å². The highest BCUT2D eigenvalue weighted by Gasteiger charge is 2.29. The third kappa shape index (κ3) is 4.05. The van der Waals surface area contributed by atoms with Gasteiger partial charge in [0.2, 0.25) is 0 Å². The molecule has 0 aliphatic carbocycles. The molecule has 0 spiro atoms. The fraction of sp³-hybridized carbons (Fsp3) is 0.533. The molecule has 1 atom stereocenters. The van der Waals surface area contributed by atoms with E-state index in [0.29, 0.717) is 6.54 Å². The molecule has 1 aromatic carbocycles. The Morgan fingerprint density at radius 2 is 2.20 bits per heavy atom. The van der Waals surface area contributed by atoms with Gasteiger partial charge in [0.25, 0.3) is 0 Å². The summed E-state index contributed by atoms with van der Waals surface area (Å²) in [5.41, 5.74) is 7.03. The Balaban J connectivity index is 1.88. The van der Waals surface area contributed by atoms with Gasteiger partial charge >= 0.3 is 6.09 Å². The van der Waals surface area contributed by atoms with Gasteiger partial charge in [0.15, 0.2) is 0 Å². The van der Waals surface area contributed by atoms with Crippen LogP contribution in [0.25, 0.3) is 0 Å². The van der Waals surface area contributed by atoms with E-state index in [1.54, 1.807) is 4.90 Å². The average Bonchev–Trinajstić information content (AvgIpc) is 2.75. The molecule has 0 bridgehead atoms. The molecular weight excluding hydrogens is 254 g/mol. The monoisotopic (exact) mass is 277 g/mol. The second-order valence-corrected chi connectivity index (χ2v) is 6.18. The zero-order chi connectivity index (χ0) is 14.8. The quantitative estimate of drug-likeness (QED) is 0.816. The molecule has 1 aliphatic rings. The minimum atomic E-state index is -0.448. The van der Waals surface area contributed by atoms with Gasteiger partial charge in [0, 0.05) is 30.5 Å². The maximum Gasteiger partial charge on any atom is 0.410 e. The Morgan fingerprint density at radius 1 is 1.45 bits per heavy atom. The third-order valence-electron chi connectivity index (χ3n) is 3.10. The van der Waals surface area contributed by atoms with Gasteiger partial charge in [0.1, 0.15) is 5.60 Å². The number of anilines is 2. The summed E-state index contributed by atoms with van der Waals surface area (Å²) in [5.74, 6) is 0. The minimum Gasteiger partial charge on any atom is -0.444 e. The molecule has 0 saturated carbocycles. The first-order chi connectivity index (χ1) is 9.33. The van der Waals surface area contributed by atoms with Crippen molar-refractivity contribution >= 4 is 17.5 Å². The van der Waals surface area contributed by atoms with Crippen LogP contribution in [-0.2, 0) is 4.74 Å². The Bertz CT molecular complexity index is 482. The van der Waals surface area contributed by atoms with Crippen LogP contribution >= 0.6 is 0 Å². The number of likely N-dealkylation sites (tertiary alicyclic amines) is 1. The predicted molar refractivity (Wildman–Crippen MR) is 80.7 cm³/mol. The molecule has 1 fully saturated rings. The van der Waals surface area contributed by atoms with Crippen LogP contribution in [0.1, 0.15) is 27.2 Å². The molecule has 3 N–H and O–H groups in total. The number of ether oxygens (including phenoxy) is 1. The largest absolute Gasteiger partial charge is 0.444 e. The molecule has 0 radical (unpaired) electrons. The van der Waals surface area contributed by atoms with E-state index in [-0.39, 0.29) is 12.1 Å². The van der Waals surface area contributed by atoms with Crippen LogP contribution in [-0.4, -0.2) is 35.7 Å². The van der Waals surface area contributed by atoms with Crippen molar-refractivity contribution < 1.29 is 9.53 Å². The highest BCUT2D eigenvalue weighted by atomic mass is 16.6. The average molecular weight is 277 g/mol. The normalized spacial score (nSPS) is 18.9. The van der Waals surface area contributed by atoms with Crippen LogP contribution in [0.3, 0.4) is 0 Å². The number of nitrogen functional groups attached to an aromatic ring is 1. The van der Waals surface area contributed by atoms with Gasteiger partial charge in [-0.15, -0.1) is 0 Å². The maximum absolute atomic E-state index is 12.0. The van der Waals surface area contributed by atoms with Crippen LogP contribution in [0.4, 0.5) is 16.2 Å². The number of nitrogens with zero attached hydrogens (tertiary/aromatic N) is 1. The Morgan fingerprint density at radius 3 is 2.85 bits per heavy atom. The lowest BCUT2D eigenvalue weighted by atomic mass is 10.2. The topological polar surface area (TPSA) is 67.6 Å². The van der Waals surface area contributed by atoms with Gasteiger partial charge < -0.3 is 20.7 Å². The molecule has 1 saturated heterocycles. The van der Waals surface area contributed by atoms with Crippen LogP contribution in [0.15, 0.2) is 24.3 Å². The van der Waals surface area contributed by atoms with Crippen molar-refractivity contribution in [2.75, 3.05) is 24.1 Å². The van der Waals surface area contributed by atoms with Crippen molar-refractivity contribution in [1.29, 1.82) is 0 Å². The van der Waals surface area contributed by atoms with E-state index in [0.717, 1.165) is 24.3 Å². The number of carbonyl (C=O) groups excluding carboxylic acids is 1. The molecule has 0 unspecified atom stereocenters. The number of nitrogens with one attached hydrogen (secondary N) is 1. The van der Waals surface area contributed by atoms with Crippen molar-refractivity contribution in [3.63, 3.8) is 0 Å². The fourth-order valence-electron chi connectivity index (χ4n) is 2.23. The summed E-state index contributed by atoms with van der Waals surface area (Å²) in [7, 11) is 0. The third-order valence-corrected chi connectivity index (χ3v) is 3.10. The van der Waals surface area contributed by atoms with Crippen LogP contribution in [0, 0.1) is 0 Å². The van der Waals surface area contributed by atoms with Gasteiger partial charge in [-0.05, 0) is 45.4 Å². The summed E-state index contributed by atoms with van der Waals surface area (Å²) in [6.45, 7) is 7.01. The maximum atomic E-state index is 12.0. The summed E-state index contributed by atoms with van der Waals surface area (Å²) >= 11 is 0. The molecule has 5 nitrogen and oxygen atoms in total. The zero-order valence-electron chi connectivity index (χ0n) is 12.3. The zero-order valence-corrected chi connectivity index (χ0v) is 12.3. The summed E-state index contributed by atoms with van der Waals surface area (Å²) in [4.78, 5) is 13.7. The molecule has 20 heavy (non-hydrogen) atoms. The molecule has 1 heterocycles. The van der Waals surface area contributed by atoms with Crippen molar-refractivity contribution in [1.82, 2.24) is 4.90 Å². The SMILES string of the molecule is CC(C)(C)OC(=O)N1CC[C@@H](Nc2cccc(N)c2)C1. The van der Waals surface area contributed by atoms with Crippen molar-refractivity contribution in [2.45, 2.75) is 38.8 Å². The lowest BCUT2D eigenvalue weighted by molar-refractivity contribution is 0.0293. The van der Waals surface area contributed by atoms with Crippen LogP contribution < -0.4 is 11.1 Å². The molecule has 110 valence electrons.